The Morgan fingerprint density at radius 3 is 2.21 bits per heavy atom. The molecule has 43 heavy (non-hydrogen) atoms. The van der Waals surface area contributed by atoms with Crippen molar-refractivity contribution in [2.45, 2.75) is 50.2 Å². The number of nitriles is 1. The van der Waals surface area contributed by atoms with E-state index in [9.17, 15) is 14.9 Å². The Balaban J connectivity index is 1.38. The molecule has 0 radical (unpaired) electrons. The van der Waals surface area contributed by atoms with Crippen molar-refractivity contribution < 1.29 is 23.8 Å². The van der Waals surface area contributed by atoms with Crippen LogP contribution in [-0.4, -0.2) is 67.9 Å². The summed E-state index contributed by atoms with van der Waals surface area (Å²) in [4.78, 5) is 39.8. The average Bonchev–Trinajstić information content (AvgIpc) is 3.59. The maximum atomic E-state index is 13.3. The summed E-state index contributed by atoms with van der Waals surface area (Å²) in [6, 6.07) is 18.9. The molecule has 2 aliphatic heterocycles. The van der Waals surface area contributed by atoms with Gasteiger partial charge in [-0.3, -0.25) is 4.57 Å². The molecule has 4 heterocycles. The molecule has 2 aromatic carbocycles. The number of piperidine rings is 1. The Hall–Kier alpha value is -4.57. The molecule has 4 atom stereocenters. The first kappa shape index (κ1) is 28.5. The summed E-state index contributed by atoms with van der Waals surface area (Å²) in [5.41, 5.74) is 4.64. The van der Waals surface area contributed by atoms with Gasteiger partial charge in [0.15, 0.2) is 35.4 Å². The Morgan fingerprint density at radius 1 is 0.953 bits per heavy atom. The van der Waals surface area contributed by atoms with Crippen molar-refractivity contribution in [2.24, 2.45) is 0 Å². The van der Waals surface area contributed by atoms with Gasteiger partial charge >= 0.3 is 11.9 Å². The highest BCUT2D eigenvalue weighted by Crippen LogP contribution is 2.38. The van der Waals surface area contributed by atoms with Crippen LogP contribution in [0.5, 0.6) is 0 Å². The van der Waals surface area contributed by atoms with Crippen LogP contribution in [-0.2, 0) is 14.2 Å². The number of nitrogens with one attached hydrogen (secondary N) is 1. The summed E-state index contributed by atoms with van der Waals surface area (Å²) < 4.78 is 19.7. The molecule has 2 aromatic heterocycles. The van der Waals surface area contributed by atoms with E-state index in [0.717, 1.165) is 32.4 Å². The molecular formula is C30H28ClN7O5. The summed E-state index contributed by atoms with van der Waals surface area (Å²) >= 11 is 6.36. The molecule has 0 bridgehead atoms. The van der Waals surface area contributed by atoms with Gasteiger partial charge < -0.3 is 19.6 Å². The highest BCUT2D eigenvalue weighted by atomic mass is 35.5. The number of rotatable bonds is 8. The van der Waals surface area contributed by atoms with E-state index in [-0.39, 0.29) is 11.7 Å². The van der Waals surface area contributed by atoms with Crippen LogP contribution in [0, 0.1) is 11.3 Å². The SMILES string of the molecule is N#CC[C@H]1O[C@@H](n2cnc3c(NN4CCCCC4)nc(Cl)nc32)[C@H](OC(=O)c2ccccc2)[C@@H]1OC(=O)c1ccccc1. The number of fused-ring (bicyclic) bond motifs is 1. The second kappa shape index (κ2) is 12.7. The minimum atomic E-state index is -1.16. The second-order valence-corrected chi connectivity index (χ2v) is 10.6. The van der Waals surface area contributed by atoms with Crippen molar-refractivity contribution in [2.75, 3.05) is 18.5 Å². The van der Waals surface area contributed by atoms with Crippen LogP contribution in [0.15, 0.2) is 67.0 Å². The van der Waals surface area contributed by atoms with Gasteiger partial charge in [0, 0.05) is 13.1 Å². The first-order chi connectivity index (χ1) is 21.0. The fraction of sp³-hybridized carbons (Fsp3) is 0.333. The highest BCUT2D eigenvalue weighted by Gasteiger charge is 2.51. The zero-order valence-electron chi connectivity index (χ0n) is 23.0. The number of imidazole rings is 1. The molecule has 0 saturated carbocycles. The summed E-state index contributed by atoms with van der Waals surface area (Å²) in [6.07, 6.45) is 0.357. The predicted molar refractivity (Wildman–Crippen MR) is 155 cm³/mol. The molecule has 13 heteroatoms. The van der Waals surface area contributed by atoms with Gasteiger partial charge in [0.2, 0.25) is 5.28 Å². The van der Waals surface area contributed by atoms with E-state index in [0.29, 0.717) is 28.1 Å². The molecule has 0 unspecified atom stereocenters. The fourth-order valence-electron chi connectivity index (χ4n) is 5.30. The predicted octanol–water partition coefficient (Wildman–Crippen LogP) is 4.55. The number of nitrogens with zero attached hydrogens (tertiary/aromatic N) is 6. The minimum absolute atomic E-state index is 0.0229. The van der Waals surface area contributed by atoms with E-state index in [1.807, 2.05) is 0 Å². The summed E-state index contributed by atoms with van der Waals surface area (Å²) in [5, 5.41) is 11.6. The van der Waals surface area contributed by atoms with Crippen LogP contribution >= 0.6 is 11.6 Å². The lowest BCUT2D eigenvalue weighted by Gasteiger charge is -2.27. The topological polar surface area (TPSA) is 144 Å². The van der Waals surface area contributed by atoms with Gasteiger partial charge in [0.05, 0.1) is 29.9 Å². The molecule has 220 valence electrons. The van der Waals surface area contributed by atoms with Gasteiger partial charge in [-0.05, 0) is 48.7 Å². The Bertz CT molecular complexity index is 1640. The zero-order valence-corrected chi connectivity index (χ0v) is 23.8. The van der Waals surface area contributed by atoms with Gasteiger partial charge in [0.1, 0.15) is 6.10 Å². The Kier molecular flexibility index (Phi) is 8.46. The number of hydrogen-bond donors (Lipinski definition) is 1. The van der Waals surface area contributed by atoms with Crippen molar-refractivity contribution in [3.05, 3.63) is 83.4 Å². The molecule has 2 aliphatic rings. The number of hydrogen-bond acceptors (Lipinski definition) is 11. The van der Waals surface area contributed by atoms with Gasteiger partial charge in [-0.1, -0.05) is 42.8 Å². The second-order valence-electron chi connectivity index (χ2n) is 10.2. The molecule has 4 aromatic rings. The van der Waals surface area contributed by atoms with E-state index in [4.69, 9.17) is 25.8 Å². The number of aromatic nitrogens is 4. The van der Waals surface area contributed by atoms with Crippen LogP contribution in [0.2, 0.25) is 5.28 Å². The molecule has 0 aliphatic carbocycles. The van der Waals surface area contributed by atoms with E-state index in [1.54, 1.807) is 65.2 Å². The fourth-order valence-corrected chi connectivity index (χ4v) is 5.46. The van der Waals surface area contributed by atoms with Gasteiger partial charge in [0.25, 0.3) is 0 Å². The van der Waals surface area contributed by atoms with Crippen LogP contribution in [0.25, 0.3) is 11.2 Å². The maximum Gasteiger partial charge on any atom is 0.338 e. The van der Waals surface area contributed by atoms with Crippen LogP contribution in [0.3, 0.4) is 0 Å². The molecule has 0 amide bonds. The van der Waals surface area contributed by atoms with Gasteiger partial charge in [-0.25, -0.2) is 19.6 Å². The molecule has 2 fully saturated rings. The number of ether oxygens (including phenoxy) is 3. The van der Waals surface area contributed by atoms with E-state index < -0.39 is 36.5 Å². The van der Waals surface area contributed by atoms with Crippen LogP contribution < -0.4 is 5.43 Å². The first-order valence-corrected chi connectivity index (χ1v) is 14.4. The molecule has 12 nitrogen and oxygen atoms in total. The largest absolute Gasteiger partial charge is 0.452 e. The van der Waals surface area contributed by atoms with Crippen molar-refractivity contribution in [1.82, 2.24) is 24.5 Å². The van der Waals surface area contributed by atoms with Crippen molar-refractivity contribution in [3.8, 4) is 6.07 Å². The first-order valence-electron chi connectivity index (χ1n) is 14.0. The number of carbonyl (C=O) groups excluding carboxylic acids is 2. The number of anilines is 1. The zero-order chi connectivity index (χ0) is 29.8. The summed E-state index contributed by atoms with van der Waals surface area (Å²) in [7, 11) is 0. The lowest BCUT2D eigenvalue weighted by atomic mass is 10.1. The third-order valence-electron chi connectivity index (χ3n) is 7.37. The van der Waals surface area contributed by atoms with Crippen molar-refractivity contribution in [3.63, 3.8) is 0 Å². The molecule has 1 N–H and O–H groups in total. The quantitative estimate of drug-likeness (QED) is 0.224. The summed E-state index contributed by atoms with van der Waals surface area (Å²) in [6.45, 7) is 1.69. The number of carbonyl (C=O) groups is 2. The van der Waals surface area contributed by atoms with Crippen molar-refractivity contribution >= 4 is 40.5 Å². The molecule has 0 spiro atoms. The van der Waals surface area contributed by atoms with Crippen LogP contribution in [0.4, 0.5) is 5.82 Å². The third-order valence-corrected chi connectivity index (χ3v) is 7.54. The monoisotopic (exact) mass is 601 g/mol. The minimum Gasteiger partial charge on any atom is -0.452 e. The highest BCUT2D eigenvalue weighted by molar-refractivity contribution is 6.28. The number of halogens is 1. The maximum absolute atomic E-state index is 13.3. The van der Waals surface area contributed by atoms with Gasteiger partial charge in [-0.15, -0.1) is 0 Å². The number of esters is 2. The normalized spacial score (nSPS) is 22.1. The third kappa shape index (κ3) is 6.15. The van der Waals surface area contributed by atoms with Crippen molar-refractivity contribution in [1.29, 1.82) is 5.26 Å². The van der Waals surface area contributed by atoms with E-state index >= 15 is 0 Å². The lowest BCUT2D eigenvalue weighted by Crippen LogP contribution is -2.39. The van der Waals surface area contributed by atoms with Gasteiger partial charge in [-0.2, -0.15) is 15.2 Å². The molecular weight excluding hydrogens is 574 g/mol. The number of benzene rings is 2. The summed E-state index contributed by atoms with van der Waals surface area (Å²) in [5.74, 6) is -0.873. The number of hydrazine groups is 1. The Labute approximate surface area is 252 Å². The molecule has 6 rings (SSSR count). The molecule has 2 saturated heterocycles. The van der Waals surface area contributed by atoms with E-state index in [1.165, 1.54) is 6.33 Å². The Morgan fingerprint density at radius 2 is 1.58 bits per heavy atom. The average molecular weight is 602 g/mol. The standard InChI is InChI=1S/C30H28ClN7O5/c31-30-34-25(36-37-16-8-3-9-17-37)22-26(35-30)38(18-33-22)27-24(43-29(40)20-12-6-2-7-13-20)23(21(41-27)14-15-32)42-28(39)19-10-4-1-5-11-19/h1-2,4-7,10-13,18,21,23-24,27H,3,8-9,14,16-17H2,(H,34,35,36)/t21-,23-,24-,27-/m1/s1. The van der Waals surface area contributed by atoms with Crippen LogP contribution in [0.1, 0.15) is 52.6 Å². The smallest absolute Gasteiger partial charge is 0.338 e. The lowest BCUT2D eigenvalue weighted by molar-refractivity contribution is -0.0484. The van der Waals surface area contributed by atoms with E-state index in [2.05, 4.69) is 31.5 Å².